The molecular weight excluding hydrogens is 674 g/mol. The lowest BCUT2D eigenvalue weighted by atomic mass is 9.77. The molecule has 1 aromatic carbocycles. The number of rotatable bonds is 14. The van der Waals surface area contributed by atoms with E-state index in [1.54, 1.807) is 25.4 Å². The first-order chi connectivity index (χ1) is 24.1. The minimum absolute atomic E-state index is 0.0495. The number of hydrogen-bond donors (Lipinski definition) is 1. The van der Waals surface area contributed by atoms with Gasteiger partial charge in [0, 0.05) is 24.4 Å². The van der Waals surface area contributed by atoms with Crippen LogP contribution in [0.4, 0.5) is 0 Å². The van der Waals surface area contributed by atoms with E-state index in [0.717, 1.165) is 36.5 Å². The Morgan fingerprint density at radius 3 is 2.45 bits per heavy atom. The van der Waals surface area contributed by atoms with Crippen molar-refractivity contribution in [2.75, 3.05) is 13.7 Å². The third-order valence-electron chi connectivity index (χ3n) is 11.0. The zero-order chi connectivity index (χ0) is 36.7. The Labute approximate surface area is 299 Å². The predicted octanol–water partition coefficient (Wildman–Crippen LogP) is 4.89. The van der Waals surface area contributed by atoms with Crippen molar-refractivity contribution in [1.82, 2.24) is 14.6 Å². The van der Waals surface area contributed by atoms with Crippen LogP contribution in [0.1, 0.15) is 85.0 Å². The van der Waals surface area contributed by atoms with Crippen molar-refractivity contribution in [1.29, 1.82) is 0 Å². The van der Waals surface area contributed by atoms with Crippen molar-refractivity contribution in [3.05, 3.63) is 43.1 Å². The first-order valence-electron chi connectivity index (χ1n) is 18.0. The van der Waals surface area contributed by atoms with E-state index in [4.69, 9.17) is 14.2 Å². The van der Waals surface area contributed by atoms with Gasteiger partial charge >= 0.3 is 5.97 Å². The molecule has 0 bridgehead atoms. The molecule has 2 heterocycles. The lowest BCUT2D eigenvalue weighted by Crippen LogP contribution is -2.48. The Kier molecular flexibility index (Phi) is 10.2. The number of benzene rings is 1. The van der Waals surface area contributed by atoms with Crippen LogP contribution in [0.25, 0.3) is 10.8 Å². The van der Waals surface area contributed by atoms with Crippen molar-refractivity contribution in [2.24, 2.45) is 22.7 Å². The molecule has 1 aromatic heterocycles. The summed E-state index contributed by atoms with van der Waals surface area (Å²) in [5.74, 6) is -2.10. The van der Waals surface area contributed by atoms with Gasteiger partial charge in [-0.15, -0.1) is 6.58 Å². The lowest BCUT2D eigenvalue weighted by molar-refractivity contribution is -0.156. The minimum Gasteiger partial charge on any atom is -0.497 e. The smallest absolute Gasteiger partial charge is 0.306 e. The monoisotopic (exact) mass is 723 g/mol. The fourth-order valence-electron chi connectivity index (χ4n) is 7.62. The van der Waals surface area contributed by atoms with E-state index in [-0.39, 0.29) is 50.0 Å². The van der Waals surface area contributed by atoms with Crippen LogP contribution in [0.2, 0.25) is 0 Å². The molecule has 51 heavy (non-hydrogen) atoms. The second-order valence-corrected chi connectivity index (χ2v) is 17.7. The van der Waals surface area contributed by atoms with Gasteiger partial charge in [-0.2, -0.15) is 0 Å². The number of ether oxygens (including phenoxy) is 3. The van der Waals surface area contributed by atoms with Crippen LogP contribution in [0.15, 0.2) is 43.1 Å². The number of allylic oxidation sites excluding steroid dienone is 1. The molecule has 0 radical (unpaired) electrons. The Morgan fingerprint density at radius 1 is 1.10 bits per heavy atom. The number of nitrogens with zero attached hydrogens (tertiary/aromatic N) is 2. The van der Waals surface area contributed by atoms with Crippen LogP contribution >= 0.6 is 0 Å². The maximum Gasteiger partial charge on any atom is 0.306 e. The third kappa shape index (κ3) is 7.93. The largest absolute Gasteiger partial charge is 0.497 e. The van der Waals surface area contributed by atoms with Crippen molar-refractivity contribution >= 4 is 44.4 Å². The number of sulfonamides is 1. The number of pyridine rings is 1. The second kappa shape index (κ2) is 14.2. The lowest BCUT2D eigenvalue weighted by Gasteiger charge is -2.35. The van der Waals surface area contributed by atoms with E-state index < -0.39 is 62.0 Å². The summed E-state index contributed by atoms with van der Waals surface area (Å²) in [4.78, 5) is 61.6. The number of likely N-dealkylation sites (tertiary alicyclic amines) is 1. The SMILES string of the molecule is C=C[C@@H]1C[C@]1(CC(=O)[C@@H]1CC(Oc2nccc3cc(OC)ccc23)CN1C(=O)[C@@H](CC(=O)OC1CCCC1)C(C)(C)C)C(=O)NS(=O)(=O)C1CC1. The molecule has 0 spiro atoms. The van der Waals surface area contributed by atoms with Crippen LogP contribution in [-0.2, 0) is 33.9 Å². The van der Waals surface area contributed by atoms with E-state index in [1.165, 1.54) is 4.90 Å². The number of fused-ring (bicyclic) bond motifs is 1. The summed E-state index contributed by atoms with van der Waals surface area (Å²) in [5.41, 5.74) is -1.93. The average molecular weight is 724 g/mol. The molecule has 1 aliphatic heterocycles. The predicted molar refractivity (Wildman–Crippen MR) is 189 cm³/mol. The highest BCUT2D eigenvalue weighted by Gasteiger charge is 2.61. The Balaban J connectivity index is 1.27. The van der Waals surface area contributed by atoms with Gasteiger partial charge < -0.3 is 19.1 Å². The summed E-state index contributed by atoms with van der Waals surface area (Å²) in [6, 6.07) is 6.34. The van der Waals surface area contributed by atoms with Crippen molar-refractivity contribution < 1.29 is 41.8 Å². The molecule has 3 aliphatic carbocycles. The number of carbonyl (C=O) groups excluding carboxylic acids is 4. The number of hydrogen-bond acceptors (Lipinski definition) is 10. The number of esters is 1. The molecule has 6 rings (SSSR count). The zero-order valence-corrected chi connectivity index (χ0v) is 30.7. The van der Waals surface area contributed by atoms with Gasteiger partial charge in [-0.1, -0.05) is 26.8 Å². The fourth-order valence-corrected chi connectivity index (χ4v) is 9.00. The summed E-state index contributed by atoms with van der Waals surface area (Å²) < 4.78 is 45.2. The van der Waals surface area contributed by atoms with E-state index in [2.05, 4.69) is 16.3 Å². The molecule has 1 saturated heterocycles. The Morgan fingerprint density at radius 2 is 1.82 bits per heavy atom. The van der Waals surface area contributed by atoms with E-state index in [0.29, 0.717) is 24.5 Å². The molecule has 4 fully saturated rings. The number of aromatic nitrogens is 1. The first kappa shape index (κ1) is 36.8. The van der Waals surface area contributed by atoms with Crippen LogP contribution in [0.3, 0.4) is 0 Å². The quantitative estimate of drug-likeness (QED) is 0.210. The Hall–Kier alpha value is -4.00. The molecule has 13 heteroatoms. The standard InChI is InChI=1S/C38H49N3O9S/c1-6-24-20-38(24,36(45)40-51(46,47)28-12-13-28)21-32(42)31-18-27(50-34-29-14-11-26(48-5)17-23(29)15-16-39-34)22-41(31)35(44)30(37(2,3)4)19-33(43)49-25-9-7-8-10-25/h6,11,14-17,24-25,27-28,30-31H,1,7-10,12-13,18-22H2,2-5H3,(H,40,45)/t24-,27?,30-,31+,38-/m1/s1. The van der Waals surface area contributed by atoms with Crippen molar-refractivity contribution in [2.45, 2.75) is 108 Å². The van der Waals surface area contributed by atoms with Gasteiger partial charge in [0.15, 0.2) is 5.78 Å². The highest BCUT2D eigenvalue weighted by atomic mass is 32.2. The highest BCUT2D eigenvalue weighted by molar-refractivity contribution is 7.90. The summed E-state index contributed by atoms with van der Waals surface area (Å²) >= 11 is 0. The van der Waals surface area contributed by atoms with E-state index in [1.807, 2.05) is 39.0 Å². The first-order valence-corrected chi connectivity index (χ1v) is 19.5. The van der Waals surface area contributed by atoms with Gasteiger partial charge in [-0.25, -0.2) is 13.4 Å². The fraction of sp³-hybridized carbons (Fsp3) is 0.605. The molecule has 5 atom stereocenters. The molecule has 4 aliphatic rings. The molecule has 276 valence electrons. The topological polar surface area (TPSA) is 158 Å². The Bertz CT molecular complexity index is 1810. The zero-order valence-electron chi connectivity index (χ0n) is 29.9. The van der Waals surface area contributed by atoms with Gasteiger partial charge in [0.1, 0.15) is 18.0 Å². The number of methoxy groups -OCH3 is 1. The molecule has 2 amide bonds. The van der Waals surface area contributed by atoms with Gasteiger partial charge in [0.25, 0.3) is 0 Å². The van der Waals surface area contributed by atoms with Crippen LogP contribution in [-0.4, -0.2) is 79.0 Å². The van der Waals surface area contributed by atoms with Crippen LogP contribution < -0.4 is 14.2 Å². The molecule has 3 saturated carbocycles. The summed E-state index contributed by atoms with van der Waals surface area (Å²) in [6.07, 6.45) is 6.97. The number of ketones is 1. The number of nitrogens with one attached hydrogen (secondary N) is 1. The van der Waals surface area contributed by atoms with Gasteiger partial charge in [-0.05, 0) is 85.9 Å². The van der Waals surface area contributed by atoms with Gasteiger partial charge in [-0.3, -0.25) is 23.9 Å². The summed E-state index contributed by atoms with van der Waals surface area (Å²) in [7, 11) is -2.26. The molecule has 12 nitrogen and oxygen atoms in total. The van der Waals surface area contributed by atoms with Crippen molar-refractivity contribution in [3.8, 4) is 11.6 Å². The van der Waals surface area contributed by atoms with E-state index in [9.17, 15) is 27.6 Å². The normalized spacial score (nSPS) is 25.6. The minimum atomic E-state index is -3.84. The maximum atomic E-state index is 14.6. The number of amides is 2. The second-order valence-electron chi connectivity index (χ2n) is 15.7. The number of carbonyl (C=O) groups is 4. The van der Waals surface area contributed by atoms with Crippen LogP contribution in [0.5, 0.6) is 11.6 Å². The summed E-state index contributed by atoms with van der Waals surface area (Å²) in [5, 5.41) is 0.965. The number of Topliss-reactive ketones (excluding diaryl/α,β-unsaturated/α-hetero) is 1. The van der Waals surface area contributed by atoms with Crippen LogP contribution in [0, 0.1) is 22.7 Å². The molecule has 1 unspecified atom stereocenters. The molecular formula is C38H49N3O9S. The van der Waals surface area contributed by atoms with E-state index >= 15 is 0 Å². The highest BCUT2D eigenvalue weighted by Crippen LogP contribution is 2.57. The maximum absolute atomic E-state index is 14.6. The molecule has 1 N–H and O–H groups in total. The molecule has 2 aromatic rings. The van der Waals surface area contributed by atoms with Gasteiger partial charge in [0.05, 0.1) is 42.7 Å². The van der Waals surface area contributed by atoms with Gasteiger partial charge in [0.2, 0.25) is 27.7 Å². The third-order valence-corrected chi connectivity index (χ3v) is 12.8. The summed E-state index contributed by atoms with van der Waals surface area (Å²) in [6.45, 7) is 9.51. The average Bonchev–Trinajstić information content (AvgIpc) is 3.96. The van der Waals surface area contributed by atoms with Crippen molar-refractivity contribution in [3.63, 3.8) is 0 Å².